The third-order valence-corrected chi connectivity index (χ3v) is 6.01. The zero-order valence-electron chi connectivity index (χ0n) is 16.3. The Morgan fingerprint density at radius 3 is 2.59 bits per heavy atom. The number of carbonyl (C=O) groups excluding carboxylic acids is 1. The number of rotatable bonds is 4. The van der Waals surface area contributed by atoms with Crippen molar-refractivity contribution in [2.45, 2.75) is 24.3 Å². The first-order chi connectivity index (χ1) is 14.0. The molecule has 4 rings (SSSR count). The Hall–Kier alpha value is -2.88. The summed E-state index contributed by atoms with van der Waals surface area (Å²) in [4.78, 5) is 48.5. The summed E-state index contributed by atoms with van der Waals surface area (Å²) in [6.07, 6.45) is 4.67. The first kappa shape index (κ1) is 19.4. The van der Waals surface area contributed by atoms with Gasteiger partial charge < -0.3 is 9.32 Å². The standard InChI is InChI=1S/C19H21N5O4S/c1-22-16-14(18(26)23(2)19(22)27)17(21-15(20-16)12-7-6-10-28-12)29-11-13(25)24-8-4-3-5-9-24/h6-7,10H,3-5,8-9,11H2,1-2H3. The topological polar surface area (TPSA) is 103 Å². The fraction of sp³-hybridized carbons (Fsp3) is 0.421. The van der Waals surface area contributed by atoms with Crippen LogP contribution in [0.3, 0.4) is 0 Å². The average molecular weight is 415 g/mol. The van der Waals surface area contributed by atoms with Gasteiger partial charge in [-0.25, -0.2) is 14.8 Å². The van der Waals surface area contributed by atoms with Gasteiger partial charge in [-0.05, 0) is 31.4 Å². The molecule has 0 spiro atoms. The van der Waals surface area contributed by atoms with Gasteiger partial charge in [-0.3, -0.25) is 18.7 Å². The summed E-state index contributed by atoms with van der Waals surface area (Å²) < 4.78 is 7.72. The van der Waals surface area contributed by atoms with E-state index in [4.69, 9.17) is 4.42 Å². The molecule has 1 aliphatic heterocycles. The van der Waals surface area contributed by atoms with E-state index in [0.717, 1.165) is 36.9 Å². The molecule has 1 saturated heterocycles. The van der Waals surface area contributed by atoms with Crippen LogP contribution >= 0.6 is 11.8 Å². The first-order valence-electron chi connectivity index (χ1n) is 9.39. The van der Waals surface area contributed by atoms with Gasteiger partial charge in [0.15, 0.2) is 17.2 Å². The number of furan rings is 1. The van der Waals surface area contributed by atoms with Gasteiger partial charge >= 0.3 is 5.69 Å². The number of hydrogen-bond donors (Lipinski definition) is 0. The molecule has 9 nitrogen and oxygen atoms in total. The number of likely N-dealkylation sites (tertiary alicyclic amines) is 1. The summed E-state index contributed by atoms with van der Waals surface area (Å²) in [7, 11) is 2.97. The van der Waals surface area contributed by atoms with Gasteiger partial charge in [0.1, 0.15) is 10.4 Å². The summed E-state index contributed by atoms with van der Waals surface area (Å²) >= 11 is 1.19. The van der Waals surface area contributed by atoms with Crippen LogP contribution in [0.2, 0.25) is 0 Å². The summed E-state index contributed by atoms with van der Waals surface area (Å²) in [5.41, 5.74) is -0.749. The fourth-order valence-corrected chi connectivity index (χ4v) is 4.33. The minimum Gasteiger partial charge on any atom is -0.461 e. The maximum Gasteiger partial charge on any atom is 0.332 e. The number of carbonyl (C=O) groups is 1. The molecule has 4 heterocycles. The Bertz CT molecular complexity index is 1180. The molecular weight excluding hydrogens is 394 g/mol. The second-order valence-corrected chi connectivity index (χ2v) is 7.93. The second kappa shape index (κ2) is 7.86. The molecule has 0 atom stereocenters. The van der Waals surface area contributed by atoms with Crippen molar-refractivity contribution in [3.05, 3.63) is 39.2 Å². The van der Waals surface area contributed by atoms with Crippen LogP contribution in [-0.2, 0) is 18.9 Å². The molecule has 0 aliphatic carbocycles. The molecule has 3 aromatic rings. The van der Waals surface area contributed by atoms with Gasteiger partial charge in [0.2, 0.25) is 5.91 Å². The monoisotopic (exact) mass is 415 g/mol. The van der Waals surface area contributed by atoms with Crippen LogP contribution in [0.25, 0.3) is 22.6 Å². The average Bonchev–Trinajstić information content (AvgIpc) is 3.29. The molecule has 10 heteroatoms. The Kier molecular flexibility index (Phi) is 5.27. The predicted molar refractivity (Wildman–Crippen MR) is 109 cm³/mol. The number of thioether (sulfide) groups is 1. The van der Waals surface area contributed by atoms with Crippen molar-refractivity contribution in [3.63, 3.8) is 0 Å². The zero-order valence-corrected chi connectivity index (χ0v) is 17.1. The largest absolute Gasteiger partial charge is 0.461 e. The van der Waals surface area contributed by atoms with E-state index in [1.807, 2.05) is 4.90 Å². The van der Waals surface area contributed by atoms with Crippen molar-refractivity contribution in [1.29, 1.82) is 0 Å². The van der Waals surface area contributed by atoms with Crippen molar-refractivity contribution in [1.82, 2.24) is 24.0 Å². The minimum atomic E-state index is -0.484. The molecule has 152 valence electrons. The lowest BCUT2D eigenvalue weighted by atomic mass is 10.1. The molecule has 29 heavy (non-hydrogen) atoms. The van der Waals surface area contributed by atoms with Crippen LogP contribution < -0.4 is 11.2 Å². The van der Waals surface area contributed by atoms with Crippen LogP contribution in [0, 0.1) is 0 Å². The highest BCUT2D eigenvalue weighted by Gasteiger charge is 2.21. The third-order valence-electron chi connectivity index (χ3n) is 5.05. The lowest BCUT2D eigenvalue weighted by molar-refractivity contribution is -0.129. The van der Waals surface area contributed by atoms with E-state index in [0.29, 0.717) is 10.8 Å². The molecule has 0 saturated carbocycles. The lowest BCUT2D eigenvalue weighted by Gasteiger charge is -2.26. The molecule has 0 aromatic carbocycles. The van der Waals surface area contributed by atoms with Gasteiger partial charge in [-0.15, -0.1) is 0 Å². The fourth-order valence-electron chi connectivity index (χ4n) is 3.41. The third kappa shape index (κ3) is 3.59. The van der Waals surface area contributed by atoms with Crippen LogP contribution in [0.5, 0.6) is 0 Å². The van der Waals surface area contributed by atoms with Crippen molar-refractivity contribution < 1.29 is 9.21 Å². The summed E-state index contributed by atoms with van der Waals surface area (Å²) in [5.74, 6) is 0.862. The highest BCUT2D eigenvalue weighted by molar-refractivity contribution is 8.00. The molecule has 0 N–H and O–H groups in total. The lowest BCUT2D eigenvalue weighted by Crippen LogP contribution is -2.38. The summed E-state index contributed by atoms with van der Waals surface area (Å²) in [5, 5.41) is 0.587. The SMILES string of the molecule is Cn1c(=O)c2c(SCC(=O)N3CCCCC3)nc(-c3ccco3)nc2n(C)c1=O. The van der Waals surface area contributed by atoms with Gasteiger partial charge in [0.25, 0.3) is 5.56 Å². The number of fused-ring (bicyclic) bond motifs is 1. The van der Waals surface area contributed by atoms with E-state index in [9.17, 15) is 14.4 Å². The minimum absolute atomic E-state index is 0.0163. The van der Waals surface area contributed by atoms with Crippen LogP contribution in [0.15, 0.2) is 37.4 Å². The molecule has 0 unspecified atom stereocenters. The Balaban J connectivity index is 1.79. The zero-order chi connectivity index (χ0) is 20.5. The number of piperidine rings is 1. The van der Waals surface area contributed by atoms with Crippen molar-refractivity contribution in [2.24, 2.45) is 14.1 Å². The molecule has 1 amide bonds. The van der Waals surface area contributed by atoms with Gasteiger partial charge in [0, 0.05) is 27.2 Å². The number of amides is 1. The van der Waals surface area contributed by atoms with E-state index in [1.54, 1.807) is 19.2 Å². The smallest absolute Gasteiger partial charge is 0.332 e. The van der Waals surface area contributed by atoms with Crippen LogP contribution in [0.4, 0.5) is 0 Å². The normalized spacial score (nSPS) is 14.5. The van der Waals surface area contributed by atoms with E-state index >= 15 is 0 Å². The molecule has 0 radical (unpaired) electrons. The maximum atomic E-state index is 12.8. The van der Waals surface area contributed by atoms with E-state index < -0.39 is 11.2 Å². The van der Waals surface area contributed by atoms with Crippen molar-refractivity contribution in [2.75, 3.05) is 18.8 Å². The molecule has 1 fully saturated rings. The molecule has 3 aromatic heterocycles. The summed E-state index contributed by atoms with van der Waals surface area (Å²) in [6, 6.07) is 3.41. The van der Waals surface area contributed by atoms with Crippen molar-refractivity contribution >= 4 is 28.7 Å². The van der Waals surface area contributed by atoms with Crippen LogP contribution in [0.1, 0.15) is 19.3 Å². The van der Waals surface area contributed by atoms with E-state index in [2.05, 4.69) is 9.97 Å². The summed E-state index contributed by atoms with van der Waals surface area (Å²) in [6.45, 7) is 1.52. The van der Waals surface area contributed by atoms with E-state index in [-0.39, 0.29) is 28.5 Å². The number of nitrogens with zero attached hydrogens (tertiary/aromatic N) is 5. The number of aromatic nitrogens is 4. The second-order valence-electron chi connectivity index (χ2n) is 6.96. The molecule has 0 bridgehead atoms. The van der Waals surface area contributed by atoms with Gasteiger partial charge in [-0.2, -0.15) is 0 Å². The Morgan fingerprint density at radius 2 is 1.90 bits per heavy atom. The van der Waals surface area contributed by atoms with Crippen molar-refractivity contribution in [3.8, 4) is 11.6 Å². The first-order valence-corrected chi connectivity index (χ1v) is 10.4. The van der Waals surface area contributed by atoms with Gasteiger partial charge in [-0.1, -0.05) is 11.8 Å². The Morgan fingerprint density at radius 1 is 1.14 bits per heavy atom. The number of aryl methyl sites for hydroxylation is 1. The Labute approximate surface area is 170 Å². The highest BCUT2D eigenvalue weighted by Crippen LogP contribution is 2.26. The highest BCUT2D eigenvalue weighted by atomic mass is 32.2. The molecular formula is C19H21N5O4S. The number of hydrogen-bond acceptors (Lipinski definition) is 7. The predicted octanol–water partition coefficient (Wildman–Crippen LogP) is 1.39. The van der Waals surface area contributed by atoms with Crippen LogP contribution in [-0.4, -0.2) is 48.8 Å². The van der Waals surface area contributed by atoms with Gasteiger partial charge in [0.05, 0.1) is 12.0 Å². The quantitative estimate of drug-likeness (QED) is 0.469. The van der Waals surface area contributed by atoms with E-state index in [1.165, 1.54) is 29.6 Å². The molecule has 1 aliphatic rings. The maximum absolute atomic E-state index is 12.8.